The molecule has 1 aromatic rings. The lowest BCUT2D eigenvalue weighted by Crippen LogP contribution is -2.50. The SMILES string of the molecule is NC(=O)N(C1=NCCCN1)c1c(Br)cc(F)cc1Br. The molecular weight excluding hydrogens is 383 g/mol. The monoisotopic (exact) mass is 392 g/mol. The Morgan fingerprint density at radius 3 is 2.53 bits per heavy atom. The van der Waals surface area contributed by atoms with Crippen molar-refractivity contribution in [3.05, 3.63) is 26.9 Å². The molecule has 0 atom stereocenters. The minimum Gasteiger partial charge on any atom is -0.355 e. The molecule has 0 saturated carbocycles. The number of nitrogens with zero attached hydrogens (tertiary/aromatic N) is 2. The van der Waals surface area contributed by atoms with Crippen LogP contribution in [0.3, 0.4) is 0 Å². The summed E-state index contributed by atoms with van der Waals surface area (Å²) < 4.78 is 14.1. The van der Waals surface area contributed by atoms with E-state index >= 15 is 0 Å². The predicted molar refractivity (Wildman–Crippen MR) is 78.8 cm³/mol. The van der Waals surface area contributed by atoms with Gasteiger partial charge in [0.25, 0.3) is 0 Å². The van der Waals surface area contributed by atoms with Crippen LogP contribution in [0.4, 0.5) is 14.9 Å². The zero-order valence-corrected chi connectivity index (χ0v) is 13.0. The average molecular weight is 394 g/mol. The third-order valence-corrected chi connectivity index (χ3v) is 3.73. The molecule has 2 amide bonds. The topological polar surface area (TPSA) is 70.7 Å². The first kappa shape index (κ1) is 14.3. The maximum Gasteiger partial charge on any atom is 0.326 e. The molecule has 0 spiro atoms. The Balaban J connectivity index is 2.51. The highest BCUT2D eigenvalue weighted by atomic mass is 79.9. The minimum atomic E-state index is -0.693. The number of carbonyl (C=O) groups excluding carboxylic acids is 1. The van der Waals surface area contributed by atoms with E-state index in [4.69, 9.17) is 5.73 Å². The highest BCUT2D eigenvalue weighted by Gasteiger charge is 2.25. The molecule has 19 heavy (non-hydrogen) atoms. The second-order valence-electron chi connectivity index (χ2n) is 3.88. The van der Waals surface area contributed by atoms with Crippen LogP contribution >= 0.6 is 31.9 Å². The molecule has 0 unspecified atom stereocenters. The largest absolute Gasteiger partial charge is 0.355 e. The van der Waals surface area contributed by atoms with Gasteiger partial charge in [-0.2, -0.15) is 0 Å². The van der Waals surface area contributed by atoms with Crippen molar-refractivity contribution in [2.75, 3.05) is 18.0 Å². The van der Waals surface area contributed by atoms with Crippen LogP contribution in [0, 0.1) is 5.82 Å². The van der Waals surface area contributed by atoms with Crippen LogP contribution in [0.25, 0.3) is 0 Å². The highest BCUT2D eigenvalue weighted by molar-refractivity contribution is 9.11. The normalized spacial score (nSPS) is 14.6. The van der Waals surface area contributed by atoms with Gasteiger partial charge in [-0.05, 0) is 50.4 Å². The van der Waals surface area contributed by atoms with Crippen LogP contribution in [-0.4, -0.2) is 25.1 Å². The lowest BCUT2D eigenvalue weighted by Gasteiger charge is -2.27. The molecule has 1 aliphatic heterocycles. The Bertz CT molecular complexity index is 526. The van der Waals surface area contributed by atoms with Crippen molar-refractivity contribution < 1.29 is 9.18 Å². The molecule has 0 aliphatic carbocycles. The molecular formula is C11H11Br2FN4O. The number of hydrogen-bond acceptors (Lipinski definition) is 3. The fraction of sp³-hybridized carbons (Fsp3) is 0.273. The van der Waals surface area contributed by atoms with Crippen molar-refractivity contribution in [2.24, 2.45) is 10.7 Å². The number of nitrogens with one attached hydrogen (secondary N) is 1. The summed E-state index contributed by atoms with van der Waals surface area (Å²) >= 11 is 6.46. The number of carbonyl (C=O) groups is 1. The summed E-state index contributed by atoms with van der Waals surface area (Å²) in [6.45, 7) is 1.32. The number of nitrogens with two attached hydrogens (primary N) is 1. The van der Waals surface area contributed by atoms with Gasteiger partial charge in [-0.15, -0.1) is 0 Å². The number of halogens is 3. The molecule has 1 aliphatic rings. The predicted octanol–water partition coefficient (Wildman–Crippen LogP) is 2.59. The van der Waals surface area contributed by atoms with Crippen molar-refractivity contribution >= 4 is 49.5 Å². The second kappa shape index (κ2) is 5.87. The van der Waals surface area contributed by atoms with Crippen LogP contribution < -0.4 is 16.0 Å². The number of aliphatic imine (C=N–C) groups is 1. The van der Waals surface area contributed by atoms with Crippen LogP contribution in [0.15, 0.2) is 26.1 Å². The fourth-order valence-corrected chi connectivity index (χ4v) is 3.22. The van der Waals surface area contributed by atoms with Crippen molar-refractivity contribution in [1.82, 2.24) is 5.32 Å². The molecule has 0 radical (unpaired) electrons. The molecule has 102 valence electrons. The molecule has 0 saturated heterocycles. The molecule has 1 heterocycles. The number of primary amides is 1. The molecule has 0 aromatic heterocycles. The first-order valence-electron chi connectivity index (χ1n) is 5.53. The number of rotatable bonds is 1. The van der Waals surface area contributed by atoms with Crippen LogP contribution in [0.5, 0.6) is 0 Å². The summed E-state index contributed by atoms with van der Waals surface area (Å²) in [6, 6.07) is 1.83. The minimum absolute atomic E-state index is 0.367. The quantitative estimate of drug-likeness (QED) is 0.769. The first-order chi connectivity index (χ1) is 9.00. The number of urea groups is 1. The highest BCUT2D eigenvalue weighted by Crippen LogP contribution is 2.35. The number of anilines is 1. The molecule has 2 rings (SSSR count). The van der Waals surface area contributed by atoms with Crippen LogP contribution in [-0.2, 0) is 0 Å². The molecule has 0 bridgehead atoms. The number of hydrogen-bond donors (Lipinski definition) is 2. The van der Waals surface area contributed by atoms with Crippen molar-refractivity contribution in [3.8, 4) is 0 Å². The summed E-state index contributed by atoms with van der Waals surface area (Å²) in [6.07, 6.45) is 0.891. The Kier molecular flexibility index (Phi) is 4.41. The van der Waals surface area contributed by atoms with Gasteiger partial charge in [0.15, 0.2) is 0 Å². The van der Waals surface area contributed by atoms with Crippen molar-refractivity contribution in [2.45, 2.75) is 6.42 Å². The smallest absolute Gasteiger partial charge is 0.326 e. The molecule has 1 aromatic carbocycles. The van der Waals surface area contributed by atoms with E-state index in [9.17, 15) is 9.18 Å². The third-order valence-electron chi connectivity index (χ3n) is 2.52. The van der Waals surface area contributed by atoms with Crippen molar-refractivity contribution in [3.63, 3.8) is 0 Å². The van der Waals surface area contributed by atoms with Crippen LogP contribution in [0.2, 0.25) is 0 Å². The summed E-state index contributed by atoms with van der Waals surface area (Å²) in [5.74, 6) is -0.0581. The van der Waals surface area contributed by atoms with E-state index in [1.165, 1.54) is 17.0 Å². The maximum absolute atomic E-state index is 13.3. The summed E-state index contributed by atoms with van der Waals surface area (Å²) in [4.78, 5) is 17.1. The Hall–Kier alpha value is -1.15. The fourth-order valence-electron chi connectivity index (χ4n) is 1.74. The summed E-state index contributed by atoms with van der Waals surface area (Å²) in [5.41, 5.74) is 5.82. The Morgan fingerprint density at radius 2 is 2.05 bits per heavy atom. The van der Waals surface area contributed by atoms with Gasteiger partial charge in [0.1, 0.15) is 5.82 Å². The molecule has 0 fully saturated rings. The Labute approximate surface area is 126 Å². The van der Waals surface area contributed by atoms with E-state index in [0.717, 1.165) is 6.42 Å². The Morgan fingerprint density at radius 1 is 1.42 bits per heavy atom. The third kappa shape index (κ3) is 3.06. The van der Waals surface area contributed by atoms with E-state index in [2.05, 4.69) is 42.2 Å². The number of guanidine groups is 1. The van der Waals surface area contributed by atoms with E-state index in [1.807, 2.05) is 0 Å². The standard InChI is InChI=1S/C11H11Br2FN4O/c12-7-4-6(14)5-8(13)9(7)18(10(15)19)11-16-2-1-3-17-11/h4-5H,1-3H2,(H2,15,19)(H,16,17). The maximum atomic E-state index is 13.3. The second-order valence-corrected chi connectivity index (χ2v) is 5.59. The zero-order chi connectivity index (χ0) is 14.0. The van der Waals surface area contributed by atoms with Crippen LogP contribution in [0.1, 0.15) is 6.42 Å². The first-order valence-corrected chi connectivity index (χ1v) is 7.11. The van der Waals surface area contributed by atoms with E-state index in [0.29, 0.717) is 33.7 Å². The van der Waals surface area contributed by atoms with E-state index < -0.39 is 11.8 Å². The van der Waals surface area contributed by atoms with E-state index in [1.54, 1.807) is 0 Å². The van der Waals surface area contributed by atoms with Crippen molar-refractivity contribution in [1.29, 1.82) is 0 Å². The van der Waals surface area contributed by atoms with Gasteiger partial charge in [-0.3, -0.25) is 4.99 Å². The van der Waals surface area contributed by atoms with Gasteiger partial charge < -0.3 is 11.1 Å². The van der Waals surface area contributed by atoms with E-state index in [-0.39, 0.29) is 0 Å². The number of benzene rings is 1. The molecule has 8 heteroatoms. The number of amides is 2. The van der Waals surface area contributed by atoms with Gasteiger partial charge in [0, 0.05) is 22.0 Å². The zero-order valence-electron chi connectivity index (χ0n) is 9.79. The molecule has 3 N–H and O–H groups in total. The van der Waals surface area contributed by atoms with Gasteiger partial charge in [-0.25, -0.2) is 14.1 Å². The lowest BCUT2D eigenvalue weighted by atomic mass is 10.3. The summed E-state index contributed by atoms with van der Waals surface area (Å²) in [5, 5.41) is 3.01. The summed E-state index contributed by atoms with van der Waals surface area (Å²) in [7, 11) is 0. The average Bonchev–Trinajstić information content (AvgIpc) is 2.34. The lowest BCUT2D eigenvalue weighted by molar-refractivity contribution is 0.256. The van der Waals surface area contributed by atoms with Gasteiger partial charge in [-0.1, -0.05) is 0 Å². The molecule has 5 nitrogen and oxygen atoms in total. The van der Waals surface area contributed by atoms with Gasteiger partial charge in [0.05, 0.1) is 5.69 Å². The van der Waals surface area contributed by atoms with Gasteiger partial charge >= 0.3 is 6.03 Å². The van der Waals surface area contributed by atoms with Gasteiger partial charge in [0.2, 0.25) is 5.96 Å².